The van der Waals surface area contributed by atoms with E-state index in [9.17, 15) is 0 Å². The molecular weight excluding hydrogens is 196 g/mol. The van der Waals surface area contributed by atoms with Crippen LogP contribution in [0.5, 0.6) is 0 Å². The Balaban J connectivity index is 1.97. The highest BCUT2D eigenvalue weighted by Crippen LogP contribution is 2.25. The SMILES string of the molecule is c1cnc2cc(C3CCCNC3)ccc2c1. The van der Waals surface area contributed by atoms with E-state index in [1.807, 2.05) is 12.3 Å². The second-order valence-corrected chi connectivity index (χ2v) is 4.50. The molecule has 0 saturated carbocycles. The number of benzene rings is 1. The van der Waals surface area contributed by atoms with Gasteiger partial charge >= 0.3 is 0 Å². The van der Waals surface area contributed by atoms with E-state index in [1.165, 1.54) is 30.3 Å². The van der Waals surface area contributed by atoms with Gasteiger partial charge in [0.2, 0.25) is 0 Å². The van der Waals surface area contributed by atoms with Crippen molar-refractivity contribution in [3.63, 3.8) is 0 Å². The summed E-state index contributed by atoms with van der Waals surface area (Å²) in [5, 5.41) is 4.69. The lowest BCUT2D eigenvalue weighted by atomic mass is 9.91. The maximum Gasteiger partial charge on any atom is 0.0704 e. The number of rotatable bonds is 1. The second kappa shape index (κ2) is 4.22. The molecule has 1 unspecified atom stereocenters. The zero-order valence-electron chi connectivity index (χ0n) is 9.32. The quantitative estimate of drug-likeness (QED) is 0.786. The average molecular weight is 212 g/mol. The molecule has 1 fully saturated rings. The van der Waals surface area contributed by atoms with Crippen LogP contribution in [0.3, 0.4) is 0 Å². The first-order chi connectivity index (χ1) is 7.93. The molecule has 1 aromatic heterocycles. The molecule has 2 aromatic rings. The average Bonchev–Trinajstić information content (AvgIpc) is 2.39. The van der Waals surface area contributed by atoms with Gasteiger partial charge in [0.1, 0.15) is 0 Å². The summed E-state index contributed by atoms with van der Waals surface area (Å²) < 4.78 is 0. The van der Waals surface area contributed by atoms with Crippen molar-refractivity contribution in [2.24, 2.45) is 0 Å². The lowest BCUT2D eigenvalue weighted by molar-refractivity contribution is 0.462. The Labute approximate surface area is 95.7 Å². The second-order valence-electron chi connectivity index (χ2n) is 4.50. The maximum absolute atomic E-state index is 4.42. The Morgan fingerprint density at radius 1 is 1.25 bits per heavy atom. The molecule has 1 aromatic carbocycles. The van der Waals surface area contributed by atoms with Crippen LogP contribution < -0.4 is 5.32 Å². The fourth-order valence-corrected chi connectivity index (χ4v) is 2.47. The minimum atomic E-state index is 0.667. The van der Waals surface area contributed by atoms with E-state index >= 15 is 0 Å². The van der Waals surface area contributed by atoms with Crippen LogP contribution in [0.4, 0.5) is 0 Å². The predicted octanol–water partition coefficient (Wildman–Crippen LogP) is 2.70. The third kappa shape index (κ3) is 1.81. The van der Waals surface area contributed by atoms with Crippen molar-refractivity contribution in [1.29, 1.82) is 0 Å². The van der Waals surface area contributed by atoms with Crippen molar-refractivity contribution < 1.29 is 0 Å². The lowest BCUT2D eigenvalue weighted by Gasteiger charge is -2.23. The van der Waals surface area contributed by atoms with Gasteiger partial charge in [0, 0.05) is 18.1 Å². The summed E-state index contributed by atoms with van der Waals surface area (Å²) in [5.41, 5.74) is 2.55. The Morgan fingerprint density at radius 3 is 3.12 bits per heavy atom. The minimum Gasteiger partial charge on any atom is -0.316 e. The van der Waals surface area contributed by atoms with Crippen LogP contribution in [0.15, 0.2) is 36.5 Å². The summed E-state index contributed by atoms with van der Waals surface area (Å²) in [5.74, 6) is 0.667. The highest BCUT2D eigenvalue weighted by atomic mass is 14.9. The number of pyridine rings is 1. The lowest BCUT2D eigenvalue weighted by Crippen LogP contribution is -2.28. The summed E-state index contributed by atoms with van der Waals surface area (Å²) in [6, 6.07) is 10.8. The fraction of sp³-hybridized carbons (Fsp3) is 0.357. The number of hydrogen-bond acceptors (Lipinski definition) is 2. The Hall–Kier alpha value is -1.41. The Kier molecular flexibility index (Phi) is 2.58. The molecule has 16 heavy (non-hydrogen) atoms. The summed E-state index contributed by atoms with van der Waals surface area (Å²) >= 11 is 0. The zero-order chi connectivity index (χ0) is 10.8. The van der Waals surface area contributed by atoms with E-state index in [4.69, 9.17) is 0 Å². The summed E-state index contributed by atoms with van der Waals surface area (Å²) in [4.78, 5) is 4.42. The standard InChI is InChI=1S/C14H16N2/c1-4-13(10-15-7-1)12-6-5-11-3-2-8-16-14(11)9-12/h2-3,5-6,8-9,13,15H,1,4,7,10H2. The van der Waals surface area contributed by atoms with Gasteiger partial charge < -0.3 is 5.32 Å². The van der Waals surface area contributed by atoms with Crippen LogP contribution in [0.1, 0.15) is 24.3 Å². The molecule has 1 aliphatic heterocycles. The summed E-state index contributed by atoms with van der Waals surface area (Å²) in [6.07, 6.45) is 4.45. The molecule has 0 amide bonds. The first-order valence-electron chi connectivity index (χ1n) is 5.99. The van der Waals surface area contributed by atoms with E-state index in [0.29, 0.717) is 5.92 Å². The highest BCUT2D eigenvalue weighted by Gasteiger charge is 2.15. The minimum absolute atomic E-state index is 0.667. The number of nitrogens with zero attached hydrogens (tertiary/aromatic N) is 1. The van der Waals surface area contributed by atoms with Crippen molar-refractivity contribution in [2.45, 2.75) is 18.8 Å². The molecule has 2 heteroatoms. The molecule has 1 saturated heterocycles. The van der Waals surface area contributed by atoms with Crippen LogP contribution in [-0.4, -0.2) is 18.1 Å². The predicted molar refractivity (Wildman–Crippen MR) is 66.6 cm³/mol. The van der Waals surface area contributed by atoms with Crippen molar-refractivity contribution in [3.8, 4) is 0 Å². The molecule has 0 bridgehead atoms. The fourth-order valence-electron chi connectivity index (χ4n) is 2.47. The summed E-state index contributed by atoms with van der Waals surface area (Å²) in [7, 11) is 0. The van der Waals surface area contributed by atoms with E-state index in [0.717, 1.165) is 12.1 Å². The normalized spacial score (nSPS) is 21.1. The van der Waals surface area contributed by atoms with E-state index < -0.39 is 0 Å². The van der Waals surface area contributed by atoms with Crippen molar-refractivity contribution >= 4 is 10.9 Å². The van der Waals surface area contributed by atoms with Gasteiger partial charge in [-0.3, -0.25) is 4.98 Å². The first kappa shape index (κ1) is 9.79. The van der Waals surface area contributed by atoms with Gasteiger partial charge in [-0.05, 0) is 43.0 Å². The van der Waals surface area contributed by atoms with E-state index in [-0.39, 0.29) is 0 Å². The van der Waals surface area contributed by atoms with Crippen LogP contribution in [-0.2, 0) is 0 Å². The molecule has 1 N–H and O–H groups in total. The van der Waals surface area contributed by atoms with Gasteiger partial charge in [0.15, 0.2) is 0 Å². The summed E-state index contributed by atoms with van der Waals surface area (Å²) in [6.45, 7) is 2.28. The molecule has 0 aliphatic carbocycles. The Morgan fingerprint density at radius 2 is 2.25 bits per heavy atom. The topological polar surface area (TPSA) is 24.9 Å². The van der Waals surface area contributed by atoms with Gasteiger partial charge in [0.05, 0.1) is 5.52 Å². The molecule has 82 valence electrons. The van der Waals surface area contributed by atoms with Crippen molar-refractivity contribution in [3.05, 3.63) is 42.1 Å². The third-order valence-electron chi connectivity index (χ3n) is 3.40. The van der Waals surface area contributed by atoms with Gasteiger partial charge in [-0.2, -0.15) is 0 Å². The Bertz CT molecular complexity index is 487. The van der Waals surface area contributed by atoms with Crippen LogP contribution in [0, 0.1) is 0 Å². The van der Waals surface area contributed by atoms with Crippen LogP contribution in [0.2, 0.25) is 0 Å². The number of nitrogens with one attached hydrogen (secondary N) is 1. The van der Waals surface area contributed by atoms with Gasteiger partial charge in [-0.25, -0.2) is 0 Å². The molecule has 0 radical (unpaired) electrons. The smallest absolute Gasteiger partial charge is 0.0704 e. The largest absolute Gasteiger partial charge is 0.316 e. The first-order valence-corrected chi connectivity index (χ1v) is 5.99. The number of hydrogen-bond donors (Lipinski definition) is 1. The molecule has 1 atom stereocenters. The zero-order valence-corrected chi connectivity index (χ0v) is 9.32. The molecular formula is C14H16N2. The maximum atomic E-state index is 4.42. The van der Waals surface area contributed by atoms with Gasteiger partial charge in [-0.1, -0.05) is 18.2 Å². The van der Waals surface area contributed by atoms with Crippen LogP contribution in [0.25, 0.3) is 10.9 Å². The van der Waals surface area contributed by atoms with Gasteiger partial charge in [0.25, 0.3) is 0 Å². The van der Waals surface area contributed by atoms with E-state index in [2.05, 4.69) is 34.6 Å². The van der Waals surface area contributed by atoms with Crippen molar-refractivity contribution in [2.75, 3.05) is 13.1 Å². The molecule has 2 nitrogen and oxygen atoms in total. The molecule has 1 aliphatic rings. The molecule has 3 rings (SSSR count). The van der Waals surface area contributed by atoms with Crippen LogP contribution >= 0.6 is 0 Å². The van der Waals surface area contributed by atoms with Crippen molar-refractivity contribution in [1.82, 2.24) is 10.3 Å². The number of aromatic nitrogens is 1. The molecule has 0 spiro atoms. The van der Waals surface area contributed by atoms with Gasteiger partial charge in [-0.15, -0.1) is 0 Å². The monoisotopic (exact) mass is 212 g/mol. The number of fused-ring (bicyclic) bond motifs is 1. The molecule has 2 heterocycles. The van der Waals surface area contributed by atoms with E-state index in [1.54, 1.807) is 0 Å². The number of piperidine rings is 1. The highest BCUT2D eigenvalue weighted by molar-refractivity contribution is 5.79. The third-order valence-corrected chi connectivity index (χ3v) is 3.40.